The van der Waals surface area contributed by atoms with Crippen LogP contribution in [0.3, 0.4) is 0 Å². The lowest BCUT2D eigenvalue weighted by Crippen LogP contribution is -2.24. The summed E-state index contributed by atoms with van der Waals surface area (Å²) in [6, 6.07) is 16.9. The van der Waals surface area contributed by atoms with Crippen molar-refractivity contribution in [2.45, 2.75) is 19.4 Å². The van der Waals surface area contributed by atoms with Gasteiger partial charge in [-0.2, -0.15) is 8.78 Å². The zero-order chi connectivity index (χ0) is 22.5. The van der Waals surface area contributed by atoms with Crippen molar-refractivity contribution in [2.24, 2.45) is 0 Å². The van der Waals surface area contributed by atoms with Crippen molar-refractivity contribution in [1.82, 2.24) is 14.9 Å². The average Bonchev–Trinajstić information content (AvgIpc) is 3.45. The van der Waals surface area contributed by atoms with Gasteiger partial charge in [0.15, 0.2) is 0 Å². The third kappa shape index (κ3) is 4.83. The molecule has 0 spiro atoms. The van der Waals surface area contributed by atoms with Gasteiger partial charge in [0.2, 0.25) is 5.91 Å². The first-order chi connectivity index (χ1) is 15.5. The maximum absolute atomic E-state index is 13.6. The van der Waals surface area contributed by atoms with Crippen LogP contribution in [0.1, 0.15) is 29.1 Å². The van der Waals surface area contributed by atoms with Gasteiger partial charge in [0.25, 0.3) is 5.91 Å². The Morgan fingerprint density at radius 1 is 1.03 bits per heavy atom. The zero-order valence-electron chi connectivity index (χ0n) is 16.9. The summed E-state index contributed by atoms with van der Waals surface area (Å²) in [7, 11) is 0. The molecule has 2 heterocycles. The molecule has 0 unspecified atom stereocenters. The molecule has 4 rings (SSSR count). The minimum atomic E-state index is -2.72. The number of halogens is 2. The predicted octanol–water partition coefficient (Wildman–Crippen LogP) is 5.31. The molecule has 0 aliphatic heterocycles. The Bertz CT molecular complexity index is 1220. The second-order valence-corrected chi connectivity index (χ2v) is 7.98. The van der Waals surface area contributed by atoms with E-state index in [2.05, 4.69) is 15.6 Å². The predicted molar refractivity (Wildman–Crippen MR) is 121 cm³/mol. The van der Waals surface area contributed by atoms with E-state index in [1.807, 2.05) is 11.4 Å². The van der Waals surface area contributed by atoms with Crippen LogP contribution in [0.5, 0.6) is 0 Å². The molecule has 2 N–H and O–H groups in total. The third-order valence-electron chi connectivity index (χ3n) is 4.83. The molecule has 0 bridgehead atoms. The number of imidazole rings is 1. The third-order valence-corrected chi connectivity index (χ3v) is 5.70. The van der Waals surface area contributed by atoms with Crippen molar-refractivity contribution in [3.05, 3.63) is 70.9 Å². The van der Waals surface area contributed by atoms with Crippen LogP contribution >= 0.6 is 11.3 Å². The first-order valence-corrected chi connectivity index (χ1v) is 10.9. The number of rotatable bonds is 8. The summed E-state index contributed by atoms with van der Waals surface area (Å²) in [5.41, 5.74) is 1.93. The topological polar surface area (TPSA) is 76.0 Å². The van der Waals surface area contributed by atoms with Gasteiger partial charge in [0.05, 0.1) is 15.9 Å². The number of anilines is 1. The Kier molecular flexibility index (Phi) is 6.55. The van der Waals surface area contributed by atoms with Gasteiger partial charge in [-0.3, -0.25) is 14.2 Å². The number of nitrogens with zero attached hydrogens (tertiary/aromatic N) is 2. The lowest BCUT2D eigenvalue weighted by Gasteiger charge is -2.09. The van der Waals surface area contributed by atoms with E-state index in [9.17, 15) is 18.4 Å². The van der Waals surface area contributed by atoms with Gasteiger partial charge < -0.3 is 10.6 Å². The molecule has 164 valence electrons. The van der Waals surface area contributed by atoms with Crippen molar-refractivity contribution >= 4 is 39.9 Å². The van der Waals surface area contributed by atoms with Gasteiger partial charge in [-0.15, -0.1) is 11.3 Å². The van der Waals surface area contributed by atoms with E-state index in [0.717, 1.165) is 4.57 Å². The summed E-state index contributed by atoms with van der Waals surface area (Å²) in [4.78, 5) is 29.0. The molecular weight excluding hydrogens is 434 g/mol. The minimum Gasteiger partial charge on any atom is -0.351 e. The van der Waals surface area contributed by atoms with Crippen LogP contribution in [0.4, 0.5) is 14.5 Å². The van der Waals surface area contributed by atoms with Crippen molar-refractivity contribution in [1.29, 1.82) is 0 Å². The summed E-state index contributed by atoms with van der Waals surface area (Å²) < 4.78 is 28.2. The number of amides is 2. The second-order valence-electron chi connectivity index (χ2n) is 7.03. The van der Waals surface area contributed by atoms with E-state index in [1.54, 1.807) is 54.6 Å². The lowest BCUT2D eigenvalue weighted by atomic mass is 10.2. The number of benzene rings is 2. The zero-order valence-corrected chi connectivity index (χ0v) is 17.7. The normalized spacial score (nSPS) is 11.1. The molecule has 9 heteroatoms. The second kappa shape index (κ2) is 9.69. The Morgan fingerprint density at radius 3 is 2.53 bits per heavy atom. The van der Waals surface area contributed by atoms with E-state index in [0.29, 0.717) is 40.1 Å². The fourth-order valence-corrected chi connectivity index (χ4v) is 3.96. The van der Waals surface area contributed by atoms with Crippen molar-refractivity contribution in [2.75, 3.05) is 11.9 Å². The number of carbonyl (C=O) groups is 2. The molecule has 0 fully saturated rings. The molecule has 2 aromatic heterocycles. The molecule has 2 aromatic carbocycles. The number of alkyl halides is 2. The average molecular weight is 455 g/mol. The van der Waals surface area contributed by atoms with Gasteiger partial charge in [-0.05, 0) is 54.3 Å². The molecule has 2 amide bonds. The highest BCUT2D eigenvalue weighted by atomic mass is 32.1. The molecule has 0 aliphatic rings. The van der Waals surface area contributed by atoms with Gasteiger partial charge in [-0.25, -0.2) is 4.98 Å². The molecule has 0 saturated heterocycles. The Morgan fingerprint density at radius 2 is 1.81 bits per heavy atom. The van der Waals surface area contributed by atoms with Crippen LogP contribution in [0.25, 0.3) is 22.4 Å². The highest BCUT2D eigenvalue weighted by molar-refractivity contribution is 7.12. The maximum atomic E-state index is 13.6. The van der Waals surface area contributed by atoms with E-state index < -0.39 is 6.55 Å². The minimum absolute atomic E-state index is 0.147. The van der Waals surface area contributed by atoms with Gasteiger partial charge >= 0.3 is 6.55 Å². The number of para-hydroxylation sites is 2. The summed E-state index contributed by atoms with van der Waals surface area (Å²) in [6.45, 7) is -2.33. The molecule has 32 heavy (non-hydrogen) atoms. The summed E-state index contributed by atoms with van der Waals surface area (Å²) in [5, 5.41) is 7.38. The first-order valence-electron chi connectivity index (χ1n) is 10.00. The highest BCUT2D eigenvalue weighted by Crippen LogP contribution is 2.30. The fourth-order valence-electron chi connectivity index (χ4n) is 3.32. The number of aromatic nitrogens is 2. The summed E-state index contributed by atoms with van der Waals surface area (Å²) >= 11 is 1.36. The Labute approximate surface area is 186 Å². The molecule has 4 aromatic rings. The molecule has 0 radical (unpaired) electrons. The van der Waals surface area contributed by atoms with Crippen LogP contribution in [0.2, 0.25) is 0 Å². The largest absolute Gasteiger partial charge is 0.351 e. The molecular formula is C23H20F2N4O2S. The lowest BCUT2D eigenvalue weighted by molar-refractivity contribution is -0.116. The number of fused-ring (bicyclic) bond motifs is 1. The van der Waals surface area contributed by atoms with E-state index >= 15 is 0 Å². The van der Waals surface area contributed by atoms with E-state index in [1.165, 1.54) is 11.3 Å². The highest BCUT2D eigenvalue weighted by Gasteiger charge is 2.18. The standard InChI is InChI=1S/C23H20F2N4O2S/c24-23(25)29-18-6-2-1-5-17(18)28-21(29)15-9-11-16(12-10-15)27-20(30)8-3-13-26-22(31)19-7-4-14-32-19/h1-2,4-7,9-12,14,23H,3,8,13H2,(H,26,31)(H,27,30). The molecule has 6 nitrogen and oxygen atoms in total. The van der Waals surface area contributed by atoms with Crippen LogP contribution in [0.15, 0.2) is 66.0 Å². The van der Waals surface area contributed by atoms with Gasteiger partial charge in [0, 0.05) is 24.2 Å². The van der Waals surface area contributed by atoms with Crippen molar-refractivity contribution < 1.29 is 18.4 Å². The van der Waals surface area contributed by atoms with E-state index in [4.69, 9.17) is 0 Å². The summed E-state index contributed by atoms with van der Waals surface area (Å²) in [5.74, 6) is -0.172. The van der Waals surface area contributed by atoms with Crippen LogP contribution < -0.4 is 10.6 Å². The summed E-state index contributed by atoms with van der Waals surface area (Å²) in [6.07, 6.45) is 0.743. The Balaban J connectivity index is 1.34. The Hall–Kier alpha value is -3.59. The quantitative estimate of drug-likeness (QED) is 0.354. The molecule has 0 aliphatic carbocycles. The van der Waals surface area contributed by atoms with E-state index in [-0.39, 0.29) is 24.1 Å². The van der Waals surface area contributed by atoms with Crippen molar-refractivity contribution in [3.63, 3.8) is 0 Å². The van der Waals surface area contributed by atoms with Gasteiger partial charge in [-0.1, -0.05) is 18.2 Å². The van der Waals surface area contributed by atoms with Crippen LogP contribution in [-0.2, 0) is 4.79 Å². The monoisotopic (exact) mass is 454 g/mol. The SMILES string of the molecule is O=C(CCCNC(=O)c1cccs1)Nc1ccc(-c2nc3ccccc3n2C(F)F)cc1. The molecule has 0 atom stereocenters. The maximum Gasteiger partial charge on any atom is 0.320 e. The fraction of sp³-hybridized carbons (Fsp3) is 0.174. The number of nitrogens with one attached hydrogen (secondary N) is 2. The van der Waals surface area contributed by atoms with Crippen LogP contribution in [-0.4, -0.2) is 27.9 Å². The smallest absolute Gasteiger partial charge is 0.320 e. The van der Waals surface area contributed by atoms with Crippen molar-refractivity contribution in [3.8, 4) is 11.4 Å². The number of hydrogen-bond donors (Lipinski definition) is 2. The first kappa shape index (κ1) is 21.6. The van der Waals surface area contributed by atoms with Gasteiger partial charge in [0.1, 0.15) is 5.82 Å². The molecule has 0 saturated carbocycles. The number of hydrogen-bond acceptors (Lipinski definition) is 4. The van der Waals surface area contributed by atoms with Crippen LogP contribution in [0, 0.1) is 0 Å². The number of thiophene rings is 1. The number of carbonyl (C=O) groups excluding carboxylic acids is 2.